The molecule has 17 atom stereocenters. The van der Waals surface area contributed by atoms with E-state index in [0.29, 0.717) is 128 Å². The average molecular weight is 1510 g/mol. The molecular formula is C74H129N3O28. The van der Waals surface area contributed by atoms with Gasteiger partial charge in [-0.25, -0.2) is 0 Å². The fraction of sp³-hybridized carbons (Fsp3) is 0.892. The van der Waals surface area contributed by atoms with Crippen molar-refractivity contribution >= 4 is 46.6 Å². The maximum Gasteiger partial charge on any atom is 0.232 e. The fourth-order valence-corrected chi connectivity index (χ4v) is 12.9. The number of amides is 3. The van der Waals surface area contributed by atoms with Crippen LogP contribution in [-0.2, 0) is 85.7 Å². The van der Waals surface area contributed by atoms with Crippen LogP contribution in [0.15, 0.2) is 0 Å². The minimum Gasteiger partial charge on any atom is -0.394 e. The monoisotopic (exact) mass is 1510 g/mol. The van der Waals surface area contributed by atoms with Crippen LogP contribution in [0.25, 0.3) is 0 Å². The second-order valence-corrected chi connectivity index (χ2v) is 29.2. The Morgan fingerprint density at radius 1 is 0.438 bits per heavy atom. The molecule has 4 aliphatic rings. The lowest BCUT2D eigenvalue weighted by Gasteiger charge is -2.40. The zero-order valence-electron chi connectivity index (χ0n) is 62.9. The Morgan fingerprint density at radius 2 is 0.781 bits per heavy atom. The molecule has 0 bridgehead atoms. The summed E-state index contributed by atoms with van der Waals surface area (Å²) in [6.45, 7) is 7.33. The van der Waals surface area contributed by atoms with Crippen LogP contribution in [0.2, 0.25) is 0 Å². The van der Waals surface area contributed by atoms with Gasteiger partial charge in [-0.15, -0.1) is 0 Å². The number of ether oxygens (including phenoxy) is 10. The first-order valence-corrected chi connectivity index (χ1v) is 38.4. The van der Waals surface area contributed by atoms with Crippen LogP contribution >= 0.6 is 0 Å². The van der Waals surface area contributed by atoms with Crippen LogP contribution in [0.5, 0.6) is 0 Å². The molecule has 608 valence electrons. The molecule has 0 spiro atoms. The largest absolute Gasteiger partial charge is 0.394 e. The molecule has 31 nitrogen and oxygen atoms in total. The van der Waals surface area contributed by atoms with E-state index in [1.54, 1.807) is 20.8 Å². The number of aliphatic hydroxyl groups is 10. The quantitative estimate of drug-likeness (QED) is 0.0304. The van der Waals surface area contributed by atoms with Gasteiger partial charge in [0.05, 0.1) is 103 Å². The first-order valence-electron chi connectivity index (χ1n) is 38.4. The van der Waals surface area contributed by atoms with E-state index in [4.69, 9.17) is 47.4 Å². The minimum absolute atomic E-state index is 0.00335. The summed E-state index contributed by atoms with van der Waals surface area (Å²) in [5, 5.41) is 106. The van der Waals surface area contributed by atoms with Crippen molar-refractivity contribution in [1.82, 2.24) is 15.5 Å². The Balaban J connectivity index is 1.28. The van der Waals surface area contributed by atoms with Gasteiger partial charge in [0.15, 0.2) is 18.9 Å². The highest BCUT2D eigenvalue weighted by Gasteiger charge is 2.45. The van der Waals surface area contributed by atoms with Crippen LogP contribution in [-0.4, -0.2) is 299 Å². The zero-order chi connectivity index (χ0) is 77.3. The summed E-state index contributed by atoms with van der Waals surface area (Å²) in [6, 6.07) is -0.482. The third-order valence-corrected chi connectivity index (χ3v) is 19.7. The number of hydrogen-bond donors (Lipinski definition) is 12. The summed E-state index contributed by atoms with van der Waals surface area (Å²) in [4.78, 5) is 107. The standard InChI is InChI=1S/C74H129N3O28/c1-48(2)102-44-52-38-58(86)40-77(52)64(89)39-63(88)76-74(45-96-35-28-56(84)22-10-6-8-20-53(81)25-13-17-32-99-71-49(3)65(90)68(93)59(41-78)103-71,46-97-36-29-57(85)23-11-7-9-21-54(82)26-14-18-33-100-72-50(4)66(91)69(94)60(42-79)104-72)47-98-37-30-62(87)75-31-16-12-24-55(83)27-15-19-34-101-73-51(5)67(92)70(95)61(43-80)105-73/h48-52,58-61,65-73,78-80,86,90-95H,6-47H2,1-5H3,(H,75,87)(H,76,88)/t49-,50-,51-,52-,58+,59?,60?,61?,65?,66?,67?,68-,69-,70-,71+,72+,73+,74?/m0/s1. The van der Waals surface area contributed by atoms with Gasteiger partial charge in [0, 0.05) is 121 Å². The predicted octanol–water partition coefficient (Wildman–Crippen LogP) is 1.66. The molecule has 4 rings (SSSR count). The maximum absolute atomic E-state index is 14.1. The van der Waals surface area contributed by atoms with Gasteiger partial charge < -0.3 is 114 Å². The topological polar surface area (TPSA) is 458 Å². The molecular weight excluding hydrogens is 1380 g/mol. The van der Waals surface area contributed by atoms with Gasteiger partial charge >= 0.3 is 0 Å². The number of nitrogens with zero attached hydrogens (tertiary/aromatic N) is 1. The van der Waals surface area contributed by atoms with Crippen molar-refractivity contribution in [1.29, 1.82) is 0 Å². The summed E-state index contributed by atoms with van der Waals surface area (Å²) in [6.07, 6.45) is -3.45. The van der Waals surface area contributed by atoms with E-state index >= 15 is 0 Å². The third kappa shape index (κ3) is 35.7. The van der Waals surface area contributed by atoms with Gasteiger partial charge in [0.25, 0.3) is 0 Å². The molecule has 0 radical (unpaired) electrons. The highest BCUT2D eigenvalue weighted by molar-refractivity contribution is 5.97. The van der Waals surface area contributed by atoms with Crippen molar-refractivity contribution in [3.63, 3.8) is 0 Å². The summed E-state index contributed by atoms with van der Waals surface area (Å²) in [5.41, 5.74) is -1.54. The van der Waals surface area contributed by atoms with Crippen molar-refractivity contribution in [2.24, 2.45) is 17.8 Å². The molecule has 4 aliphatic heterocycles. The van der Waals surface area contributed by atoms with Crippen LogP contribution in [0.4, 0.5) is 0 Å². The van der Waals surface area contributed by atoms with E-state index in [2.05, 4.69) is 10.6 Å². The van der Waals surface area contributed by atoms with E-state index in [0.717, 1.165) is 0 Å². The lowest BCUT2D eigenvalue weighted by molar-refractivity contribution is -0.282. The Kier molecular flexibility index (Phi) is 46.4. The van der Waals surface area contributed by atoms with Crippen LogP contribution < -0.4 is 10.6 Å². The summed E-state index contributed by atoms with van der Waals surface area (Å²) in [5.74, 6) is -3.21. The van der Waals surface area contributed by atoms with Crippen molar-refractivity contribution in [2.75, 3.05) is 99.0 Å². The Labute approximate surface area is 619 Å². The van der Waals surface area contributed by atoms with E-state index < -0.39 is 147 Å². The van der Waals surface area contributed by atoms with Gasteiger partial charge in [-0.3, -0.25) is 38.4 Å². The van der Waals surface area contributed by atoms with E-state index in [9.17, 15) is 89.4 Å². The molecule has 12 N–H and O–H groups in total. The lowest BCUT2D eigenvalue weighted by atomic mass is 9.92. The number of β-amino-alcohol motifs (C(OH)–C–C–N with tert-alkyl or cyclic N) is 1. The highest BCUT2D eigenvalue weighted by Crippen LogP contribution is 2.30. The van der Waals surface area contributed by atoms with Crippen LogP contribution in [0.1, 0.15) is 208 Å². The normalized spacial score (nSPS) is 27.6. The second kappa shape index (κ2) is 52.2. The number of carbonyl (C=O) groups excluding carboxylic acids is 8. The molecule has 4 saturated heterocycles. The molecule has 0 aromatic carbocycles. The molecule has 0 aromatic rings. The number of hydrogen-bond acceptors (Lipinski definition) is 28. The molecule has 0 aromatic heterocycles. The third-order valence-electron chi connectivity index (χ3n) is 19.7. The number of aliphatic hydroxyl groups excluding tert-OH is 10. The smallest absolute Gasteiger partial charge is 0.232 e. The number of likely N-dealkylation sites (tertiary alicyclic amines) is 1. The zero-order valence-corrected chi connectivity index (χ0v) is 62.9. The van der Waals surface area contributed by atoms with Crippen LogP contribution in [0.3, 0.4) is 0 Å². The summed E-state index contributed by atoms with van der Waals surface area (Å²) in [7, 11) is 0. The molecule has 4 fully saturated rings. The number of Topliss-reactive ketones (excluding diaryl/α,β-unsaturated/α-hetero) is 5. The van der Waals surface area contributed by atoms with Crippen molar-refractivity contribution in [3.05, 3.63) is 0 Å². The predicted molar refractivity (Wildman–Crippen MR) is 377 cm³/mol. The first kappa shape index (κ1) is 93.3. The molecule has 3 amide bonds. The highest BCUT2D eigenvalue weighted by atomic mass is 16.7. The van der Waals surface area contributed by atoms with Crippen molar-refractivity contribution in [2.45, 2.75) is 306 Å². The average Bonchev–Trinajstić information content (AvgIpc) is 1.50. The molecule has 105 heavy (non-hydrogen) atoms. The van der Waals surface area contributed by atoms with Crippen LogP contribution in [0, 0.1) is 17.8 Å². The van der Waals surface area contributed by atoms with Crippen molar-refractivity contribution in [3.8, 4) is 0 Å². The molecule has 4 heterocycles. The Morgan fingerprint density at radius 3 is 1.14 bits per heavy atom. The van der Waals surface area contributed by atoms with Gasteiger partial charge in [0.1, 0.15) is 77.5 Å². The van der Waals surface area contributed by atoms with E-state index in [1.807, 2.05) is 13.8 Å². The molecule has 6 unspecified atom stereocenters. The van der Waals surface area contributed by atoms with Gasteiger partial charge in [0.2, 0.25) is 17.7 Å². The summed E-state index contributed by atoms with van der Waals surface area (Å²) >= 11 is 0. The van der Waals surface area contributed by atoms with E-state index in [1.165, 1.54) is 4.90 Å². The maximum atomic E-state index is 14.1. The molecule has 31 heteroatoms. The van der Waals surface area contributed by atoms with Gasteiger partial charge in [-0.1, -0.05) is 33.6 Å². The summed E-state index contributed by atoms with van der Waals surface area (Å²) < 4.78 is 58.2. The Bertz CT molecular complexity index is 2280. The SMILES string of the molecule is CC(C)OC[C@@H]1C[C@@H](O)CN1C(=O)CC(=O)NC(COCCC(=O)CCCCCC(=O)CCCCO[C@@H]1OC(CO)[C@H](O)C(O)[C@@H]1C)(COCCC(=O)CCCCCC(=O)CCCCO[C@@H]1OC(CO)[C@H](O)C(O)[C@@H]1C)COCCC(=O)NCCCCC(=O)CCCCO[C@@H]1OC(CO)[C@H](O)C(O)[C@@H]1C. The first-order chi connectivity index (χ1) is 50.2. The van der Waals surface area contributed by atoms with E-state index in [-0.39, 0.29) is 159 Å². The molecule has 0 saturated carbocycles. The number of ketones is 5. The number of carbonyl (C=O) groups is 8. The number of unbranched alkanes of at least 4 members (excludes halogenated alkanes) is 8. The Hall–Kier alpha value is -4.04. The number of rotatable bonds is 59. The minimum atomic E-state index is -1.54. The lowest BCUT2D eigenvalue weighted by Crippen LogP contribution is -2.59. The second-order valence-electron chi connectivity index (χ2n) is 29.2. The molecule has 0 aliphatic carbocycles. The van der Waals surface area contributed by atoms with Gasteiger partial charge in [-0.05, 0) is 97.3 Å². The fourth-order valence-electron chi connectivity index (χ4n) is 12.9. The number of nitrogens with one attached hydrogen (secondary N) is 2. The van der Waals surface area contributed by atoms with Gasteiger partial charge in [-0.2, -0.15) is 0 Å². The van der Waals surface area contributed by atoms with Crippen molar-refractivity contribution < 1.29 is 137 Å².